The number of carbonyl (C=O) groups excluding carboxylic acids is 1. The molecule has 146 valence electrons. The molecule has 2 aliphatic heterocycles. The minimum absolute atomic E-state index is 0.137. The van der Waals surface area contributed by atoms with Crippen molar-refractivity contribution in [3.05, 3.63) is 24.3 Å². The first-order valence-corrected chi connectivity index (χ1v) is 10.7. The first-order chi connectivity index (χ1) is 12.4. The van der Waals surface area contributed by atoms with E-state index in [9.17, 15) is 4.79 Å². The smallest absolute Gasteiger partial charge is 0.219 e. The van der Waals surface area contributed by atoms with E-state index in [0.717, 1.165) is 45.4 Å². The molecule has 3 nitrogen and oxygen atoms in total. The van der Waals surface area contributed by atoms with Crippen molar-refractivity contribution in [3.8, 4) is 0 Å². The molecule has 26 heavy (non-hydrogen) atoms. The molecule has 0 radical (unpaired) electrons. The summed E-state index contributed by atoms with van der Waals surface area (Å²) in [6.07, 6.45) is 14.6. The summed E-state index contributed by atoms with van der Waals surface area (Å²) in [5.41, 5.74) is 1.96. The van der Waals surface area contributed by atoms with Crippen molar-refractivity contribution in [2.24, 2.45) is 11.3 Å². The molecule has 1 atom stereocenters. The summed E-state index contributed by atoms with van der Waals surface area (Å²) in [6, 6.07) is 0. The molecule has 1 spiro atoms. The molecule has 1 aliphatic carbocycles. The predicted molar refractivity (Wildman–Crippen MR) is 109 cm³/mol. The lowest BCUT2D eigenvalue weighted by atomic mass is 9.64. The van der Waals surface area contributed by atoms with E-state index in [-0.39, 0.29) is 11.3 Å². The van der Waals surface area contributed by atoms with Crippen LogP contribution in [0.15, 0.2) is 24.3 Å². The van der Waals surface area contributed by atoms with Gasteiger partial charge in [0, 0.05) is 36.9 Å². The van der Waals surface area contributed by atoms with Crippen molar-refractivity contribution >= 4 is 5.91 Å². The van der Waals surface area contributed by atoms with E-state index in [2.05, 4.69) is 42.4 Å². The number of likely N-dealkylation sites (tertiary alicyclic amines) is 2. The highest BCUT2D eigenvalue weighted by Gasteiger charge is 2.47. The molecule has 3 aliphatic rings. The van der Waals surface area contributed by atoms with Gasteiger partial charge in [0.25, 0.3) is 0 Å². The normalized spacial score (nSPS) is 29.4. The van der Waals surface area contributed by atoms with Crippen LogP contribution in [0.25, 0.3) is 0 Å². The van der Waals surface area contributed by atoms with Gasteiger partial charge in [-0.25, -0.2) is 0 Å². The summed E-state index contributed by atoms with van der Waals surface area (Å²) in [5.74, 6) is 0.643. The van der Waals surface area contributed by atoms with E-state index in [1.165, 1.54) is 37.7 Å². The molecular formula is C23H38N2O. The Kier molecular flexibility index (Phi) is 5.96. The second-order valence-corrected chi connectivity index (χ2v) is 9.25. The first kappa shape index (κ1) is 19.7. The van der Waals surface area contributed by atoms with Crippen molar-refractivity contribution in [1.29, 1.82) is 0 Å². The molecule has 1 unspecified atom stereocenters. The van der Waals surface area contributed by atoms with E-state index in [0.29, 0.717) is 11.5 Å². The number of piperidine rings is 2. The van der Waals surface area contributed by atoms with Gasteiger partial charge < -0.3 is 4.90 Å². The summed E-state index contributed by atoms with van der Waals surface area (Å²) in [5, 5.41) is 0. The van der Waals surface area contributed by atoms with Crippen LogP contribution in [0, 0.1) is 11.3 Å². The lowest BCUT2D eigenvalue weighted by Gasteiger charge is -2.55. The number of hydrogen-bond acceptors (Lipinski definition) is 2. The molecule has 1 amide bonds. The van der Waals surface area contributed by atoms with E-state index in [1.54, 1.807) is 6.92 Å². The van der Waals surface area contributed by atoms with Crippen molar-refractivity contribution in [1.82, 2.24) is 9.80 Å². The largest absolute Gasteiger partial charge is 0.341 e. The molecule has 3 heteroatoms. The number of amides is 1. The fraction of sp³-hybridized carbons (Fsp3) is 0.783. The van der Waals surface area contributed by atoms with E-state index in [4.69, 9.17) is 0 Å². The maximum Gasteiger partial charge on any atom is 0.219 e. The lowest BCUT2D eigenvalue weighted by Crippen LogP contribution is -2.58. The van der Waals surface area contributed by atoms with Crippen LogP contribution in [0.4, 0.5) is 0 Å². The van der Waals surface area contributed by atoms with Crippen LogP contribution >= 0.6 is 0 Å². The summed E-state index contributed by atoms with van der Waals surface area (Å²) in [7, 11) is 0. The third kappa shape index (κ3) is 3.78. The highest BCUT2D eigenvalue weighted by Crippen LogP contribution is 2.48. The second kappa shape index (κ2) is 7.88. The topological polar surface area (TPSA) is 23.6 Å². The molecular weight excluding hydrogens is 320 g/mol. The fourth-order valence-electron chi connectivity index (χ4n) is 5.68. The molecule has 0 aromatic heterocycles. The Morgan fingerprint density at radius 2 is 1.85 bits per heavy atom. The zero-order valence-electron chi connectivity index (χ0n) is 17.2. The monoisotopic (exact) mass is 358 g/mol. The number of rotatable bonds is 3. The quantitative estimate of drug-likeness (QED) is 0.677. The van der Waals surface area contributed by atoms with Crippen molar-refractivity contribution in [2.45, 2.75) is 77.7 Å². The zero-order chi connectivity index (χ0) is 18.8. The number of nitrogens with zero attached hydrogens (tertiary/aromatic N) is 2. The van der Waals surface area contributed by atoms with Gasteiger partial charge >= 0.3 is 0 Å². The predicted octanol–water partition coefficient (Wildman–Crippen LogP) is 4.79. The number of carbonyl (C=O) groups is 1. The Morgan fingerprint density at radius 3 is 2.42 bits per heavy atom. The molecule has 1 saturated carbocycles. The molecule has 0 N–H and O–H groups in total. The van der Waals surface area contributed by atoms with E-state index < -0.39 is 0 Å². The SMILES string of the molecule is C=C1C(C/C=C\C)CN(C(C)=O)CC12CCN(C1(C)CCCCC1)CC2. The van der Waals surface area contributed by atoms with E-state index >= 15 is 0 Å². The minimum Gasteiger partial charge on any atom is -0.341 e. The standard InChI is InChI=1S/C23H38N2O/c1-5-6-10-21-17-24(20(3)26)18-23(19(21)2)13-15-25(16-14-23)22(4)11-8-7-9-12-22/h5-6,21H,2,7-18H2,1,3-4H3/b6-5-. The Labute approximate surface area is 160 Å². The second-order valence-electron chi connectivity index (χ2n) is 9.25. The van der Waals surface area contributed by atoms with Crippen LogP contribution in [0.3, 0.4) is 0 Å². The summed E-state index contributed by atoms with van der Waals surface area (Å²) >= 11 is 0. The van der Waals surface area contributed by atoms with Crippen LogP contribution in [-0.2, 0) is 4.79 Å². The molecule has 2 saturated heterocycles. The van der Waals surface area contributed by atoms with Crippen LogP contribution < -0.4 is 0 Å². The average Bonchev–Trinajstić information content (AvgIpc) is 2.64. The van der Waals surface area contributed by atoms with Gasteiger partial charge in [-0.2, -0.15) is 0 Å². The van der Waals surface area contributed by atoms with Crippen molar-refractivity contribution < 1.29 is 4.79 Å². The van der Waals surface area contributed by atoms with Gasteiger partial charge in [0.2, 0.25) is 5.91 Å². The van der Waals surface area contributed by atoms with Crippen LogP contribution in [0.2, 0.25) is 0 Å². The van der Waals surface area contributed by atoms with Gasteiger partial charge in [-0.15, -0.1) is 0 Å². The Morgan fingerprint density at radius 1 is 1.19 bits per heavy atom. The zero-order valence-corrected chi connectivity index (χ0v) is 17.2. The molecule has 0 aromatic rings. The van der Waals surface area contributed by atoms with Gasteiger partial charge in [0.15, 0.2) is 0 Å². The Bertz CT molecular complexity index is 551. The molecule has 0 aromatic carbocycles. The van der Waals surface area contributed by atoms with Crippen LogP contribution in [0.5, 0.6) is 0 Å². The van der Waals surface area contributed by atoms with Crippen molar-refractivity contribution in [3.63, 3.8) is 0 Å². The third-order valence-electron chi connectivity index (χ3n) is 7.62. The molecule has 2 heterocycles. The Balaban J connectivity index is 1.73. The van der Waals surface area contributed by atoms with Crippen LogP contribution in [-0.4, -0.2) is 47.4 Å². The maximum absolute atomic E-state index is 12.2. The minimum atomic E-state index is 0.137. The Hall–Kier alpha value is -1.09. The fourth-order valence-corrected chi connectivity index (χ4v) is 5.68. The number of hydrogen-bond donors (Lipinski definition) is 0. The molecule has 3 rings (SSSR count). The third-order valence-corrected chi connectivity index (χ3v) is 7.62. The van der Waals surface area contributed by atoms with Gasteiger partial charge in [-0.3, -0.25) is 9.69 Å². The van der Waals surface area contributed by atoms with Crippen LogP contribution in [0.1, 0.15) is 72.1 Å². The summed E-state index contributed by atoms with van der Waals surface area (Å²) < 4.78 is 0. The van der Waals surface area contributed by atoms with Gasteiger partial charge in [0.05, 0.1) is 0 Å². The maximum atomic E-state index is 12.2. The average molecular weight is 359 g/mol. The highest BCUT2D eigenvalue weighted by molar-refractivity contribution is 5.73. The molecule has 3 fully saturated rings. The molecule has 0 bridgehead atoms. The van der Waals surface area contributed by atoms with Crippen molar-refractivity contribution in [2.75, 3.05) is 26.2 Å². The summed E-state index contributed by atoms with van der Waals surface area (Å²) in [4.78, 5) is 17.0. The van der Waals surface area contributed by atoms with Gasteiger partial charge in [-0.1, -0.05) is 43.6 Å². The first-order valence-electron chi connectivity index (χ1n) is 10.7. The summed E-state index contributed by atoms with van der Waals surface area (Å²) in [6.45, 7) is 14.9. The highest BCUT2D eigenvalue weighted by atomic mass is 16.2. The van der Waals surface area contributed by atoms with E-state index in [1.807, 2.05) is 0 Å². The number of allylic oxidation sites excluding steroid dienone is 2. The van der Waals surface area contributed by atoms with Gasteiger partial charge in [-0.05, 0) is 59.0 Å². The van der Waals surface area contributed by atoms with Gasteiger partial charge in [0.1, 0.15) is 0 Å². The lowest BCUT2D eigenvalue weighted by molar-refractivity contribution is -0.133.